The van der Waals surface area contributed by atoms with Gasteiger partial charge in [-0.3, -0.25) is 0 Å². The van der Waals surface area contributed by atoms with Crippen LogP contribution in [0.5, 0.6) is 0 Å². The lowest BCUT2D eigenvalue weighted by Gasteiger charge is -2.12. The van der Waals surface area contributed by atoms with Crippen LogP contribution < -0.4 is 0 Å². The molecule has 0 amide bonds. The summed E-state index contributed by atoms with van der Waals surface area (Å²) in [6, 6.07) is 15.7. The molecular formula is C18H7F3. The van der Waals surface area contributed by atoms with Crippen LogP contribution in [0, 0.1) is 29.6 Å². The fourth-order valence-electron chi connectivity index (χ4n) is 2.79. The van der Waals surface area contributed by atoms with E-state index >= 15 is 0 Å². The molecule has 2 aliphatic rings. The molecule has 0 spiro atoms. The van der Waals surface area contributed by atoms with Crippen LogP contribution in [0.15, 0.2) is 42.5 Å². The van der Waals surface area contributed by atoms with E-state index in [0.717, 1.165) is 12.1 Å². The van der Waals surface area contributed by atoms with Gasteiger partial charge in [-0.2, -0.15) is 0 Å². The predicted molar refractivity (Wildman–Crippen MR) is 73.9 cm³/mol. The summed E-state index contributed by atoms with van der Waals surface area (Å²) < 4.78 is 42.5. The highest BCUT2D eigenvalue weighted by Gasteiger charge is 2.27. The van der Waals surface area contributed by atoms with Gasteiger partial charge in [0, 0.05) is 28.3 Å². The first-order chi connectivity index (χ1) is 10.2. The van der Waals surface area contributed by atoms with E-state index in [0.29, 0.717) is 16.7 Å². The number of rotatable bonds is 1. The van der Waals surface area contributed by atoms with Crippen LogP contribution in [0.25, 0.3) is 33.4 Å². The first-order valence-electron chi connectivity index (χ1n) is 6.37. The molecule has 0 unspecified atom stereocenters. The van der Waals surface area contributed by atoms with Gasteiger partial charge in [0.05, 0.1) is 0 Å². The summed E-state index contributed by atoms with van der Waals surface area (Å²) in [7, 11) is 0. The SMILES string of the molecule is Fc1[c]cc2c(-c3cc[c]cc3)c1-c1cc(F)c-2cc1F. The lowest BCUT2D eigenvalue weighted by Crippen LogP contribution is -1.91. The zero-order valence-electron chi connectivity index (χ0n) is 10.7. The Hall–Kier alpha value is -2.55. The molecule has 0 saturated carbocycles. The van der Waals surface area contributed by atoms with Crippen molar-refractivity contribution < 1.29 is 13.2 Å². The summed E-state index contributed by atoms with van der Waals surface area (Å²) in [4.78, 5) is 0. The highest BCUT2D eigenvalue weighted by Crippen LogP contribution is 2.46. The van der Waals surface area contributed by atoms with Crippen LogP contribution in [0.1, 0.15) is 0 Å². The average Bonchev–Trinajstić information content (AvgIpc) is 2.64. The van der Waals surface area contributed by atoms with Gasteiger partial charge in [0.1, 0.15) is 17.5 Å². The minimum Gasteiger partial charge on any atom is -0.206 e. The van der Waals surface area contributed by atoms with Crippen molar-refractivity contribution in [3.05, 3.63) is 72.0 Å². The quantitative estimate of drug-likeness (QED) is 0.459. The molecule has 3 aromatic rings. The Morgan fingerprint density at radius 1 is 0.762 bits per heavy atom. The normalized spacial score (nSPS) is 11.6. The molecular weight excluding hydrogens is 273 g/mol. The topological polar surface area (TPSA) is 0 Å². The summed E-state index contributed by atoms with van der Waals surface area (Å²) in [5, 5.41) is 0. The third kappa shape index (κ3) is 1.64. The monoisotopic (exact) mass is 280 g/mol. The minimum absolute atomic E-state index is 0.0510. The second-order valence-electron chi connectivity index (χ2n) is 4.87. The molecule has 3 aromatic carbocycles. The average molecular weight is 280 g/mol. The molecule has 100 valence electrons. The van der Waals surface area contributed by atoms with Gasteiger partial charge in [0.15, 0.2) is 0 Å². The van der Waals surface area contributed by atoms with E-state index in [9.17, 15) is 13.2 Å². The third-order valence-corrected chi connectivity index (χ3v) is 3.71. The molecule has 0 N–H and O–H groups in total. The second kappa shape index (κ2) is 4.22. The zero-order chi connectivity index (χ0) is 14.6. The molecule has 0 fully saturated rings. The Labute approximate surface area is 119 Å². The summed E-state index contributed by atoms with van der Waals surface area (Å²) in [5.41, 5.74) is 1.70. The number of hydrogen-bond donors (Lipinski definition) is 0. The van der Waals surface area contributed by atoms with Gasteiger partial charge in [-0.25, -0.2) is 13.2 Å². The van der Waals surface area contributed by atoms with Crippen LogP contribution in [0.3, 0.4) is 0 Å². The molecule has 4 bridgehead atoms. The third-order valence-electron chi connectivity index (χ3n) is 3.71. The summed E-state index contributed by atoms with van der Waals surface area (Å²) in [6.45, 7) is 0. The molecule has 0 nitrogen and oxygen atoms in total. The summed E-state index contributed by atoms with van der Waals surface area (Å²) in [6.07, 6.45) is 0. The van der Waals surface area contributed by atoms with Crippen molar-refractivity contribution in [3.8, 4) is 33.4 Å². The maximum Gasteiger partial charge on any atom is 0.139 e. The van der Waals surface area contributed by atoms with E-state index in [1.807, 2.05) is 0 Å². The van der Waals surface area contributed by atoms with E-state index in [1.165, 1.54) is 6.07 Å². The fraction of sp³-hybridized carbons (Fsp3) is 0. The smallest absolute Gasteiger partial charge is 0.139 e. The summed E-state index contributed by atoms with van der Waals surface area (Å²) in [5.74, 6) is -1.89. The molecule has 0 saturated heterocycles. The lowest BCUT2D eigenvalue weighted by atomic mass is 9.91. The van der Waals surface area contributed by atoms with Crippen LogP contribution in [0.4, 0.5) is 13.2 Å². The van der Waals surface area contributed by atoms with Gasteiger partial charge in [-0.05, 0) is 35.4 Å². The van der Waals surface area contributed by atoms with Gasteiger partial charge in [0.25, 0.3) is 0 Å². The Morgan fingerprint density at radius 2 is 1.43 bits per heavy atom. The van der Waals surface area contributed by atoms with Crippen molar-refractivity contribution in [2.24, 2.45) is 0 Å². The van der Waals surface area contributed by atoms with Crippen molar-refractivity contribution >= 4 is 0 Å². The van der Waals surface area contributed by atoms with Crippen molar-refractivity contribution in [2.75, 3.05) is 0 Å². The van der Waals surface area contributed by atoms with Crippen molar-refractivity contribution in [3.63, 3.8) is 0 Å². The van der Waals surface area contributed by atoms with Gasteiger partial charge in [-0.15, -0.1) is 0 Å². The van der Waals surface area contributed by atoms with Crippen molar-refractivity contribution in [2.45, 2.75) is 0 Å². The summed E-state index contributed by atoms with van der Waals surface area (Å²) >= 11 is 0. The lowest BCUT2D eigenvalue weighted by molar-refractivity contribution is 0.603. The molecule has 3 heteroatoms. The van der Waals surface area contributed by atoms with E-state index < -0.39 is 17.5 Å². The Morgan fingerprint density at radius 3 is 2.19 bits per heavy atom. The predicted octanol–water partition coefficient (Wildman–Crippen LogP) is 5.02. The van der Waals surface area contributed by atoms with Gasteiger partial charge in [0.2, 0.25) is 0 Å². The molecule has 2 radical (unpaired) electrons. The van der Waals surface area contributed by atoms with Gasteiger partial charge < -0.3 is 0 Å². The molecule has 0 aliphatic heterocycles. The molecule has 5 rings (SSSR count). The number of benzene rings is 3. The standard InChI is InChI=1S/C18H7F3/c19-14-7-6-11-12-8-16(21)13(9-15(12)20)18(14)17(11)10-4-2-1-3-5-10/h2-6,8-9H. The van der Waals surface area contributed by atoms with Gasteiger partial charge in [-0.1, -0.05) is 24.3 Å². The Bertz CT molecular complexity index is 867. The van der Waals surface area contributed by atoms with Crippen LogP contribution in [-0.4, -0.2) is 0 Å². The number of halogens is 3. The van der Waals surface area contributed by atoms with Crippen LogP contribution in [0.2, 0.25) is 0 Å². The van der Waals surface area contributed by atoms with Gasteiger partial charge >= 0.3 is 0 Å². The van der Waals surface area contributed by atoms with E-state index in [4.69, 9.17) is 0 Å². The highest BCUT2D eigenvalue weighted by atomic mass is 19.1. The molecule has 2 aliphatic carbocycles. The van der Waals surface area contributed by atoms with Crippen molar-refractivity contribution in [1.82, 2.24) is 0 Å². The molecule has 0 heterocycles. The van der Waals surface area contributed by atoms with E-state index in [-0.39, 0.29) is 16.7 Å². The van der Waals surface area contributed by atoms with Crippen molar-refractivity contribution in [1.29, 1.82) is 0 Å². The minimum atomic E-state index is -0.688. The Balaban J connectivity index is 2.20. The zero-order valence-corrected chi connectivity index (χ0v) is 10.7. The molecule has 0 aromatic heterocycles. The number of hydrogen-bond acceptors (Lipinski definition) is 0. The Kier molecular flexibility index (Phi) is 2.45. The first-order valence-corrected chi connectivity index (χ1v) is 6.37. The highest BCUT2D eigenvalue weighted by molar-refractivity contribution is 5.97. The number of fused-ring (bicyclic) bond motifs is 2. The van der Waals surface area contributed by atoms with Crippen LogP contribution in [-0.2, 0) is 0 Å². The molecule has 21 heavy (non-hydrogen) atoms. The maximum absolute atomic E-state index is 14.2. The van der Waals surface area contributed by atoms with E-state index in [2.05, 4.69) is 12.1 Å². The largest absolute Gasteiger partial charge is 0.206 e. The maximum atomic E-state index is 14.2. The molecule has 0 atom stereocenters. The second-order valence-corrected chi connectivity index (χ2v) is 4.87. The van der Waals surface area contributed by atoms with Crippen LogP contribution >= 0.6 is 0 Å². The van der Waals surface area contributed by atoms with E-state index in [1.54, 1.807) is 24.3 Å². The first kappa shape index (κ1) is 12.2. The fourth-order valence-corrected chi connectivity index (χ4v) is 2.79.